The number of piperidine rings is 1. The maximum Gasteiger partial charge on any atom is 0.254 e. The number of carbonyl (C=O) groups is 1. The van der Waals surface area contributed by atoms with Gasteiger partial charge in [-0.05, 0) is 30.9 Å². The third kappa shape index (κ3) is 4.03. The normalized spacial score (nSPS) is 15.4. The highest BCUT2D eigenvalue weighted by molar-refractivity contribution is 5.93. The molecule has 0 bridgehead atoms. The number of hydrogen-bond acceptors (Lipinski definition) is 5. The van der Waals surface area contributed by atoms with Gasteiger partial charge in [-0.25, -0.2) is 9.97 Å². The molecule has 2 aromatic rings. The Bertz CT molecular complexity index is 636. The molecule has 0 aliphatic carbocycles. The van der Waals surface area contributed by atoms with Crippen LogP contribution in [0.25, 0.3) is 0 Å². The molecule has 120 valence electrons. The van der Waals surface area contributed by atoms with Crippen molar-refractivity contribution in [2.24, 2.45) is 5.92 Å². The van der Waals surface area contributed by atoms with Crippen molar-refractivity contribution in [2.75, 3.05) is 18.0 Å². The molecule has 2 aromatic heterocycles. The Hall–Kier alpha value is -2.50. The topological polar surface area (TPSA) is 71.0 Å². The van der Waals surface area contributed by atoms with E-state index in [2.05, 4.69) is 32.1 Å². The maximum absolute atomic E-state index is 12.1. The van der Waals surface area contributed by atoms with E-state index in [1.807, 2.05) is 18.2 Å². The van der Waals surface area contributed by atoms with Crippen LogP contribution in [0.15, 0.2) is 36.8 Å². The monoisotopic (exact) mass is 311 g/mol. The molecule has 3 rings (SSSR count). The molecule has 1 N–H and O–H groups in total. The molecular formula is C17H21N5O. The van der Waals surface area contributed by atoms with Crippen LogP contribution in [0.1, 0.15) is 35.8 Å². The molecule has 1 aliphatic heterocycles. The lowest BCUT2D eigenvalue weighted by Gasteiger charge is -2.30. The summed E-state index contributed by atoms with van der Waals surface area (Å²) >= 11 is 0. The molecule has 1 fully saturated rings. The SMILES string of the molecule is CC1CCN(c2ncc(C(=O)NCc3ccccn3)cn2)CC1. The number of nitrogens with zero attached hydrogens (tertiary/aromatic N) is 4. The molecule has 6 nitrogen and oxygen atoms in total. The van der Waals surface area contributed by atoms with Crippen LogP contribution in [0.3, 0.4) is 0 Å². The third-order valence-corrected chi connectivity index (χ3v) is 4.12. The van der Waals surface area contributed by atoms with E-state index in [-0.39, 0.29) is 5.91 Å². The van der Waals surface area contributed by atoms with Gasteiger partial charge in [0.1, 0.15) is 0 Å². The second-order valence-corrected chi connectivity index (χ2v) is 5.95. The van der Waals surface area contributed by atoms with Crippen LogP contribution >= 0.6 is 0 Å². The van der Waals surface area contributed by atoms with Gasteiger partial charge in [0, 0.05) is 31.7 Å². The predicted octanol–water partition coefficient (Wildman–Crippen LogP) is 2.04. The van der Waals surface area contributed by atoms with Crippen LogP contribution in [0.5, 0.6) is 0 Å². The van der Waals surface area contributed by atoms with E-state index in [0.29, 0.717) is 18.1 Å². The Morgan fingerprint density at radius 2 is 1.96 bits per heavy atom. The third-order valence-electron chi connectivity index (χ3n) is 4.12. The molecule has 0 unspecified atom stereocenters. The van der Waals surface area contributed by atoms with Crippen LogP contribution in [0.4, 0.5) is 5.95 Å². The van der Waals surface area contributed by atoms with Gasteiger partial charge < -0.3 is 10.2 Å². The van der Waals surface area contributed by atoms with Gasteiger partial charge in [-0.15, -0.1) is 0 Å². The highest BCUT2D eigenvalue weighted by Crippen LogP contribution is 2.19. The number of aromatic nitrogens is 3. The summed E-state index contributed by atoms with van der Waals surface area (Å²) in [6, 6.07) is 5.61. The van der Waals surface area contributed by atoms with Crippen molar-refractivity contribution in [2.45, 2.75) is 26.3 Å². The molecule has 0 radical (unpaired) electrons. The van der Waals surface area contributed by atoms with Crippen molar-refractivity contribution in [3.05, 3.63) is 48.0 Å². The van der Waals surface area contributed by atoms with Crippen LogP contribution in [0, 0.1) is 5.92 Å². The molecule has 0 spiro atoms. The van der Waals surface area contributed by atoms with E-state index in [4.69, 9.17) is 0 Å². The second kappa shape index (κ2) is 7.17. The largest absolute Gasteiger partial charge is 0.346 e. The van der Waals surface area contributed by atoms with E-state index in [9.17, 15) is 4.79 Å². The predicted molar refractivity (Wildman–Crippen MR) is 88.1 cm³/mol. The minimum absolute atomic E-state index is 0.186. The van der Waals surface area contributed by atoms with E-state index in [1.54, 1.807) is 18.6 Å². The number of carbonyl (C=O) groups excluding carboxylic acids is 1. The minimum Gasteiger partial charge on any atom is -0.346 e. The van der Waals surface area contributed by atoms with Gasteiger partial charge in [0.2, 0.25) is 5.95 Å². The number of amides is 1. The van der Waals surface area contributed by atoms with Gasteiger partial charge in [-0.2, -0.15) is 0 Å². The molecule has 1 saturated heterocycles. The summed E-state index contributed by atoms with van der Waals surface area (Å²) in [5, 5.41) is 2.82. The van der Waals surface area contributed by atoms with Gasteiger partial charge in [-0.3, -0.25) is 9.78 Å². The smallest absolute Gasteiger partial charge is 0.254 e. The fourth-order valence-electron chi connectivity index (χ4n) is 2.59. The summed E-state index contributed by atoms with van der Waals surface area (Å²) in [5.74, 6) is 1.29. The number of rotatable bonds is 4. The Morgan fingerprint density at radius 1 is 1.22 bits per heavy atom. The fourth-order valence-corrected chi connectivity index (χ4v) is 2.59. The lowest BCUT2D eigenvalue weighted by Crippen LogP contribution is -2.34. The zero-order chi connectivity index (χ0) is 16.1. The van der Waals surface area contributed by atoms with E-state index in [0.717, 1.165) is 37.5 Å². The van der Waals surface area contributed by atoms with Gasteiger partial charge in [0.15, 0.2) is 0 Å². The first kappa shape index (κ1) is 15.4. The van der Waals surface area contributed by atoms with Gasteiger partial charge >= 0.3 is 0 Å². The van der Waals surface area contributed by atoms with Crippen molar-refractivity contribution in [3.8, 4) is 0 Å². The van der Waals surface area contributed by atoms with Crippen molar-refractivity contribution in [3.63, 3.8) is 0 Å². The summed E-state index contributed by atoms with van der Waals surface area (Å²) in [7, 11) is 0. The van der Waals surface area contributed by atoms with Crippen molar-refractivity contribution < 1.29 is 4.79 Å². The quantitative estimate of drug-likeness (QED) is 0.935. The molecule has 1 aliphatic rings. The Balaban J connectivity index is 1.57. The molecule has 1 amide bonds. The average Bonchev–Trinajstić information content (AvgIpc) is 2.61. The molecule has 0 atom stereocenters. The first-order valence-corrected chi connectivity index (χ1v) is 7.97. The Morgan fingerprint density at radius 3 is 2.61 bits per heavy atom. The highest BCUT2D eigenvalue weighted by atomic mass is 16.1. The summed E-state index contributed by atoms with van der Waals surface area (Å²) in [4.78, 5) is 27.1. The molecule has 0 saturated carbocycles. The summed E-state index contributed by atoms with van der Waals surface area (Å²) in [6.45, 7) is 4.62. The average molecular weight is 311 g/mol. The summed E-state index contributed by atoms with van der Waals surface area (Å²) in [6.07, 6.45) is 7.21. The highest BCUT2D eigenvalue weighted by Gasteiger charge is 2.18. The zero-order valence-corrected chi connectivity index (χ0v) is 13.3. The van der Waals surface area contributed by atoms with E-state index < -0.39 is 0 Å². The summed E-state index contributed by atoms with van der Waals surface area (Å²) < 4.78 is 0. The van der Waals surface area contributed by atoms with Crippen LogP contribution in [-0.4, -0.2) is 33.9 Å². The first-order chi connectivity index (χ1) is 11.2. The van der Waals surface area contributed by atoms with Crippen LogP contribution in [0.2, 0.25) is 0 Å². The Kier molecular flexibility index (Phi) is 4.80. The second-order valence-electron chi connectivity index (χ2n) is 5.95. The lowest BCUT2D eigenvalue weighted by atomic mass is 10.00. The number of hydrogen-bond donors (Lipinski definition) is 1. The van der Waals surface area contributed by atoms with Crippen molar-refractivity contribution in [1.82, 2.24) is 20.3 Å². The minimum atomic E-state index is -0.186. The van der Waals surface area contributed by atoms with E-state index >= 15 is 0 Å². The number of nitrogens with one attached hydrogen (secondary N) is 1. The maximum atomic E-state index is 12.1. The van der Waals surface area contributed by atoms with Gasteiger partial charge in [0.25, 0.3) is 5.91 Å². The fraction of sp³-hybridized carbons (Fsp3) is 0.412. The van der Waals surface area contributed by atoms with Crippen LogP contribution in [-0.2, 0) is 6.54 Å². The zero-order valence-electron chi connectivity index (χ0n) is 13.3. The first-order valence-electron chi connectivity index (χ1n) is 7.97. The lowest BCUT2D eigenvalue weighted by molar-refractivity contribution is 0.0949. The molecule has 6 heteroatoms. The Labute approximate surface area is 136 Å². The molecule has 3 heterocycles. The van der Waals surface area contributed by atoms with E-state index in [1.165, 1.54) is 0 Å². The van der Waals surface area contributed by atoms with Gasteiger partial charge in [-0.1, -0.05) is 13.0 Å². The molecule has 23 heavy (non-hydrogen) atoms. The number of pyridine rings is 1. The number of anilines is 1. The molecule has 0 aromatic carbocycles. The van der Waals surface area contributed by atoms with Crippen molar-refractivity contribution in [1.29, 1.82) is 0 Å². The molecular weight excluding hydrogens is 290 g/mol. The van der Waals surface area contributed by atoms with Crippen LogP contribution < -0.4 is 10.2 Å². The van der Waals surface area contributed by atoms with Gasteiger partial charge in [0.05, 0.1) is 17.8 Å². The summed E-state index contributed by atoms with van der Waals surface area (Å²) in [5.41, 5.74) is 1.29. The standard InChI is InChI=1S/C17H21N5O/c1-13-5-8-22(9-6-13)17-20-10-14(11-21-17)16(23)19-12-15-4-2-3-7-18-15/h2-4,7,10-11,13H,5-6,8-9,12H2,1H3,(H,19,23). The van der Waals surface area contributed by atoms with Crippen molar-refractivity contribution >= 4 is 11.9 Å².